The summed E-state index contributed by atoms with van der Waals surface area (Å²) in [6.45, 7) is 0. The predicted molar refractivity (Wildman–Crippen MR) is 59.3 cm³/mol. The van der Waals surface area contributed by atoms with Crippen LogP contribution in [0.3, 0.4) is 0 Å². The van der Waals surface area contributed by atoms with E-state index >= 15 is 0 Å². The van der Waals surface area contributed by atoms with E-state index in [0.717, 1.165) is 6.42 Å². The van der Waals surface area contributed by atoms with Gasteiger partial charge in [0.05, 0.1) is 4.91 Å². The van der Waals surface area contributed by atoms with Crippen molar-refractivity contribution in [3.8, 4) is 0 Å². The smallest absolute Gasteiger partial charge is 0.173 e. The fourth-order valence-corrected chi connectivity index (χ4v) is 3.76. The van der Waals surface area contributed by atoms with Gasteiger partial charge in [-0.1, -0.05) is 12.2 Å². The summed E-state index contributed by atoms with van der Waals surface area (Å²) >= 11 is 1.40. The molecule has 3 rings (SSSR count). The second kappa shape index (κ2) is 3.08. The largest absolute Gasteiger partial charge is 0.294 e. The molecule has 0 saturated heterocycles. The van der Waals surface area contributed by atoms with Crippen molar-refractivity contribution >= 4 is 23.3 Å². The summed E-state index contributed by atoms with van der Waals surface area (Å²) in [6.07, 6.45) is 8.67. The third kappa shape index (κ3) is 1.13. The number of thioether (sulfide) groups is 1. The molecule has 3 aliphatic carbocycles. The minimum absolute atomic E-state index is 0.0385. The zero-order valence-corrected chi connectivity index (χ0v) is 9.29. The van der Waals surface area contributed by atoms with Gasteiger partial charge < -0.3 is 0 Å². The average Bonchev–Trinajstić information content (AvgIpc) is 2.83. The first-order chi connectivity index (χ1) is 7.22. The molecule has 0 amide bonds. The molecular weight excluding hydrogens is 208 g/mol. The van der Waals surface area contributed by atoms with Crippen molar-refractivity contribution in [3.63, 3.8) is 0 Å². The molecule has 0 spiro atoms. The first kappa shape index (κ1) is 9.40. The van der Waals surface area contributed by atoms with E-state index in [1.54, 1.807) is 6.08 Å². The second-order valence-electron chi connectivity index (χ2n) is 4.48. The highest BCUT2D eigenvalue weighted by Gasteiger charge is 2.53. The van der Waals surface area contributed by atoms with Crippen molar-refractivity contribution in [1.29, 1.82) is 0 Å². The van der Waals surface area contributed by atoms with Gasteiger partial charge in [-0.2, -0.15) is 0 Å². The van der Waals surface area contributed by atoms with Crippen LogP contribution < -0.4 is 0 Å². The first-order valence-corrected chi connectivity index (χ1v) is 6.47. The Morgan fingerprint density at radius 1 is 1.20 bits per heavy atom. The Morgan fingerprint density at radius 3 is 2.53 bits per heavy atom. The van der Waals surface area contributed by atoms with E-state index in [2.05, 4.69) is 12.2 Å². The molecule has 2 bridgehead atoms. The topological polar surface area (TPSA) is 34.1 Å². The summed E-state index contributed by atoms with van der Waals surface area (Å²) < 4.78 is 0. The van der Waals surface area contributed by atoms with Gasteiger partial charge in [-0.05, 0) is 30.6 Å². The maximum Gasteiger partial charge on any atom is 0.173 e. The van der Waals surface area contributed by atoms with E-state index in [0.29, 0.717) is 16.7 Å². The van der Waals surface area contributed by atoms with Crippen LogP contribution in [0.4, 0.5) is 0 Å². The summed E-state index contributed by atoms with van der Waals surface area (Å²) in [4.78, 5) is 24.7. The number of carbonyl (C=O) groups excluding carboxylic acids is 2. The average molecular weight is 220 g/mol. The van der Waals surface area contributed by atoms with Crippen LogP contribution >= 0.6 is 11.8 Å². The van der Waals surface area contributed by atoms with E-state index < -0.39 is 0 Å². The van der Waals surface area contributed by atoms with Crippen LogP contribution in [-0.2, 0) is 9.59 Å². The van der Waals surface area contributed by atoms with Crippen LogP contribution in [0.1, 0.15) is 6.42 Å². The highest BCUT2D eigenvalue weighted by atomic mass is 32.2. The van der Waals surface area contributed by atoms with E-state index in [-0.39, 0.29) is 23.4 Å². The minimum atomic E-state index is -0.0417. The van der Waals surface area contributed by atoms with Gasteiger partial charge in [-0.3, -0.25) is 9.59 Å². The first-order valence-electron chi connectivity index (χ1n) is 5.24. The Labute approximate surface area is 92.8 Å². The fourth-order valence-electron chi connectivity index (χ4n) is 3.19. The molecule has 0 aromatic heterocycles. The quantitative estimate of drug-likeness (QED) is 0.632. The summed E-state index contributed by atoms with van der Waals surface area (Å²) in [5, 5.41) is 0. The number of fused-ring (bicyclic) bond motifs is 5. The maximum absolute atomic E-state index is 12.1. The molecule has 1 fully saturated rings. The maximum atomic E-state index is 12.1. The molecule has 2 nitrogen and oxygen atoms in total. The minimum Gasteiger partial charge on any atom is -0.294 e. The summed E-state index contributed by atoms with van der Waals surface area (Å²) in [7, 11) is 0. The monoisotopic (exact) mass is 220 g/mol. The summed E-state index contributed by atoms with van der Waals surface area (Å²) in [5.74, 6) is 0.941. The number of hydrogen-bond donors (Lipinski definition) is 0. The molecule has 0 heterocycles. The Bertz CT molecular complexity index is 408. The Morgan fingerprint density at radius 2 is 1.87 bits per heavy atom. The van der Waals surface area contributed by atoms with Crippen molar-refractivity contribution in [2.45, 2.75) is 6.42 Å². The molecule has 1 saturated carbocycles. The lowest BCUT2D eigenvalue weighted by atomic mass is 9.75. The van der Waals surface area contributed by atoms with Crippen LogP contribution in [0.25, 0.3) is 0 Å². The lowest BCUT2D eigenvalue weighted by molar-refractivity contribution is -0.129. The molecule has 3 heteroatoms. The van der Waals surface area contributed by atoms with Crippen LogP contribution in [0.15, 0.2) is 23.1 Å². The van der Waals surface area contributed by atoms with Gasteiger partial charge in [0, 0.05) is 11.8 Å². The van der Waals surface area contributed by atoms with Crippen LogP contribution in [0.5, 0.6) is 0 Å². The van der Waals surface area contributed by atoms with Crippen molar-refractivity contribution in [2.75, 3.05) is 6.26 Å². The van der Waals surface area contributed by atoms with Gasteiger partial charge in [0.2, 0.25) is 0 Å². The highest BCUT2D eigenvalue weighted by Crippen LogP contribution is 2.51. The van der Waals surface area contributed by atoms with Crippen molar-refractivity contribution in [1.82, 2.24) is 0 Å². The lowest BCUT2D eigenvalue weighted by Crippen LogP contribution is -2.36. The lowest BCUT2D eigenvalue weighted by Gasteiger charge is -2.28. The van der Waals surface area contributed by atoms with E-state index in [1.165, 1.54) is 11.8 Å². The number of allylic oxidation sites excluding steroid dienone is 4. The molecule has 15 heavy (non-hydrogen) atoms. The second-order valence-corrected chi connectivity index (χ2v) is 5.33. The van der Waals surface area contributed by atoms with Crippen molar-refractivity contribution < 1.29 is 9.59 Å². The summed E-state index contributed by atoms with van der Waals surface area (Å²) in [5.41, 5.74) is 0. The number of hydrogen-bond acceptors (Lipinski definition) is 3. The van der Waals surface area contributed by atoms with E-state index in [9.17, 15) is 9.59 Å². The van der Waals surface area contributed by atoms with Crippen LogP contribution in [0, 0.1) is 23.7 Å². The molecule has 0 aromatic rings. The number of Topliss-reactive ketones (excluding diaryl/α,β-unsaturated/α-hetero) is 1. The third-order valence-electron chi connectivity index (χ3n) is 3.83. The fraction of sp³-hybridized carbons (Fsp3) is 0.500. The van der Waals surface area contributed by atoms with Crippen molar-refractivity contribution in [2.24, 2.45) is 23.7 Å². The van der Waals surface area contributed by atoms with E-state index in [4.69, 9.17) is 0 Å². The zero-order valence-electron chi connectivity index (χ0n) is 8.47. The predicted octanol–water partition coefficient (Wildman–Crippen LogP) is 1.82. The molecule has 0 radical (unpaired) electrons. The van der Waals surface area contributed by atoms with Gasteiger partial charge in [0.25, 0.3) is 0 Å². The molecule has 4 atom stereocenters. The molecule has 0 aliphatic heterocycles. The van der Waals surface area contributed by atoms with Gasteiger partial charge >= 0.3 is 0 Å². The Balaban J connectivity index is 2.05. The van der Waals surface area contributed by atoms with Crippen molar-refractivity contribution in [3.05, 3.63) is 23.1 Å². The van der Waals surface area contributed by atoms with Crippen LogP contribution in [-0.4, -0.2) is 17.8 Å². The molecule has 0 aromatic carbocycles. The molecule has 78 valence electrons. The molecular formula is C12H12O2S. The van der Waals surface area contributed by atoms with Gasteiger partial charge in [0.1, 0.15) is 0 Å². The third-order valence-corrected chi connectivity index (χ3v) is 4.59. The molecule has 0 N–H and O–H groups in total. The summed E-state index contributed by atoms with van der Waals surface area (Å²) in [6, 6.07) is 0. The zero-order chi connectivity index (χ0) is 10.6. The number of carbonyl (C=O) groups is 2. The van der Waals surface area contributed by atoms with Gasteiger partial charge in [-0.15, -0.1) is 11.8 Å². The highest BCUT2D eigenvalue weighted by molar-refractivity contribution is 8.03. The number of ketones is 2. The normalized spacial score (nSPS) is 42.1. The van der Waals surface area contributed by atoms with Crippen LogP contribution in [0.2, 0.25) is 0 Å². The Hall–Kier alpha value is -0.830. The van der Waals surface area contributed by atoms with Gasteiger partial charge in [-0.25, -0.2) is 0 Å². The van der Waals surface area contributed by atoms with Gasteiger partial charge in [0.15, 0.2) is 11.6 Å². The molecule has 0 unspecified atom stereocenters. The SMILES string of the molecule is CSC1=CC(=O)[C@H]2[C@@H](C1=O)[C@H]1C=C[C@@H]2C1. The number of rotatable bonds is 1. The standard InChI is InChI=1S/C12H12O2S/c1-15-9-5-8(13)10-6-2-3-7(4-6)11(10)12(9)14/h2-3,5-7,10-11H,4H2,1H3/t6-,7+,10+,11+/m1/s1. The van der Waals surface area contributed by atoms with E-state index in [1.807, 2.05) is 6.26 Å². The Kier molecular flexibility index (Phi) is 1.93. The molecule has 3 aliphatic rings.